The highest BCUT2D eigenvalue weighted by Crippen LogP contribution is 2.35. The second-order valence-corrected chi connectivity index (χ2v) is 7.67. The first-order chi connectivity index (χ1) is 13.2. The van der Waals surface area contributed by atoms with Crippen LogP contribution < -0.4 is 10.6 Å². The number of hydrogen-bond acceptors (Lipinski definition) is 2. The molecule has 2 aliphatic rings. The maximum atomic E-state index is 13.2. The third-order valence-corrected chi connectivity index (χ3v) is 5.77. The minimum atomic E-state index is -0.189. The van der Waals surface area contributed by atoms with E-state index < -0.39 is 0 Å². The summed E-state index contributed by atoms with van der Waals surface area (Å²) in [5.41, 5.74) is 1.96. The number of amides is 2. The third-order valence-electron chi connectivity index (χ3n) is 5.77. The molecule has 5 heteroatoms. The Kier molecular flexibility index (Phi) is 5.39. The minimum absolute atomic E-state index is 0.128. The number of anilines is 1. The number of fused-ring (bicyclic) bond motifs is 2. The van der Waals surface area contributed by atoms with E-state index >= 15 is 0 Å². The van der Waals surface area contributed by atoms with Gasteiger partial charge >= 0.3 is 6.03 Å². The van der Waals surface area contributed by atoms with Gasteiger partial charge in [-0.25, -0.2) is 9.18 Å². The summed E-state index contributed by atoms with van der Waals surface area (Å²) in [5, 5.41) is 6.07. The second kappa shape index (κ2) is 8.09. The van der Waals surface area contributed by atoms with Crippen LogP contribution in [0.4, 0.5) is 14.9 Å². The van der Waals surface area contributed by atoms with E-state index in [-0.39, 0.29) is 17.9 Å². The highest BCUT2D eigenvalue weighted by molar-refractivity contribution is 5.89. The van der Waals surface area contributed by atoms with Crippen molar-refractivity contribution < 1.29 is 9.18 Å². The van der Waals surface area contributed by atoms with E-state index in [1.54, 1.807) is 0 Å². The molecule has 2 aromatic carbocycles. The Morgan fingerprint density at radius 1 is 1.00 bits per heavy atom. The molecular formula is C22H26FN3O. The number of urea groups is 1. The Morgan fingerprint density at radius 2 is 1.67 bits per heavy atom. The Morgan fingerprint density at radius 3 is 2.33 bits per heavy atom. The number of carbonyl (C=O) groups is 1. The van der Waals surface area contributed by atoms with Gasteiger partial charge in [-0.05, 0) is 55.5 Å². The van der Waals surface area contributed by atoms with Crippen LogP contribution >= 0.6 is 0 Å². The molecule has 0 spiro atoms. The Hall–Kier alpha value is -2.40. The molecule has 2 saturated heterocycles. The van der Waals surface area contributed by atoms with E-state index in [4.69, 9.17) is 0 Å². The molecule has 142 valence electrons. The number of nitrogens with zero attached hydrogens (tertiary/aromatic N) is 1. The van der Waals surface area contributed by atoms with Gasteiger partial charge in [0.25, 0.3) is 0 Å². The molecule has 2 heterocycles. The molecule has 2 amide bonds. The average molecular weight is 367 g/mol. The number of piperidine rings is 2. The maximum absolute atomic E-state index is 13.2. The summed E-state index contributed by atoms with van der Waals surface area (Å²) >= 11 is 0. The highest BCUT2D eigenvalue weighted by Gasteiger charge is 2.38. The van der Waals surface area contributed by atoms with Crippen molar-refractivity contribution in [2.75, 3.05) is 5.32 Å². The molecular weight excluding hydrogens is 341 g/mol. The molecule has 0 aliphatic carbocycles. The molecule has 2 N–H and O–H groups in total. The van der Waals surface area contributed by atoms with Gasteiger partial charge in [0, 0.05) is 30.4 Å². The average Bonchev–Trinajstić information content (AvgIpc) is 2.65. The molecule has 4 rings (SSSR count). The van der Waals surface area contributed by atoms with Crippen molar-refractivity contribution in [3.63, 3.8) is 0 Å². The van der Waals surface area contributed by atoms with Crippen LogP contribution in [0.2, 0.25) is 0 Å². The van der Waals surface area contributed by atoms with E-state index in [1.165, 1.54) is 18.6 Å². The smallest absolute Gasteiger partial charge is 0.319 e. The summed E-state index contributed by atoms with van der Waals surface area (Å²) in [6.07, 6.45) is 5.52. The number of hydrogen-bond donors (Lipinski definition) is 2. The van der Waals surface area contributed by atoms with Crippen molar-refractivity contribution in [2.45, 2.75) is 56.8 Å². The molecule has 0 radical (unpaired) electrons. The second-order valence-electron chi connectivity index (χ2n) is 7.67. The first-order valence-corrected chi connectivity index (χ1v) is 9.80. The van der Waals surface area contributed by atoms with Crippen molar-refractivity contribution in [3.8, 4) is 0 Å². The standard InChI is InChI=1S/C22H26FN3O/c23-17-11-9-16(10-12-17)15-26-20-7-4-8-21(26)14-19(13-20)25-22(27)24-18-5-2-1-3-6-18/h1-3,5-6,9-12,19-21H,4,7-8,13-15H2,(H2,24,25,27)/t20-,21-/m1/s1. The maximum Gasteiger partial charge on any atom is 0.319 e. The lowest BCUT2D eigenvalue weighted by Gasteiger charge is -2.49. The lowest BCUT2D eigenvalue weighted by molar-refractivity contribution is 0.0200. The minimum Gasteiger partial charge on any atom is -0.335 e. The normalized spacial score (nSPS) is 25.0. The predicted octanol–water partition coefficient (Wildman–Crippen LogP) is 4.53. The van der Waals surface area contributed by atoms with Gasteiger partial charge in [0.05, 0.1) is 0 Å². The lowest BCUT2D eigenvalue weighted by atomic mass is 9.81. The summed E-state index contributed by atoms with van der Waals surface area (Å²) in [5.74, 6) is -0.189. The van der Waals surface area contributed by atoms with Crippen molar-refractivity contribution in [2.24, 2.45) is 0 Å². The number of benzene rings is 2. The fraction of sp³-hybridized carbons (Fsp3) is 0.409. The molecule has 2 aromatic rings. The number of nitrogens with one attached hydrogen (secondary N) is 2. The Labute approximate surface area is 159 Å². The number of para-hydroxylation sites is 1. The largest absolute Gasteiger partial charge is 0.335 e. The molecule has 2 fully saturated rings. The van der Waals surface area contributed by atoms with Crippen LogP contribution in [-0.2, 0) is 6.54 Å². The number of carbonyl (C=O) groups excluding carboxylic acids is 1. The van der Waals surface area contributed by atoms with E-state index in [2.05, 4.69) is 15.5 Å². The van der Waals surface area contributed by atoms with Gasteiger partial charge in [-0.15, -0.1) is 0 Å². The molecule has 27 heavy (non-hydrogen) atoms. The number of halogens is 1. The number of rotatable bonds is 4. The Bertz CT molecular complexity index is 751. The van der Waals surface area contributed by atoms with Gasteiger partial charge < -0.3 is 10.6 Å². The predicted molar refractivity (Wildman–Crippen MR) is 105 cm³/mol. The summed E-state index contributed by atoms with van der Waals surface area (Å²) < 4.78 is 13.2. The van der Waals surface area contributed by atoms with Crippen LogP contribution in [0.5, 0.6) is 0 Å². The quantitative estimate of drug-likeness (QED) is 0.834. The van der Waals surface area contributed by atoms with Crippen molar-refractivity contribution >= 4 is 11.7 Å². The van der Waals surface area contributed by atoms with Crippen LogP contribution in [0.3, 0.4) is 0 Å². The SMILES string of the molecule is O=C(Nc1ccccc1)NC1C[C@H]2CCC[C@H](C1)N2Cc1ccc(F)cc1. The first kappa shape index (κ1) is 18.0. The van der Waals surface area contributed by atoms with E-state index in [9.17, 15) is 9.18 Å². The van der Waals surface area contributed by atoms with Crippen LogP contribution in [-0.4, -0.2) is 29.1 Å². The van der Waals surface area contributed by atoms with E-state index in [0.29, 0.717) is 12.1 Å². The summed E-state index contributed by atoms with van der Waals surface area (Å²) in [4.78, 5) is 14.9. The van der Waals surface area contributed by atoms with Crippen molar-refractivity contribution in [1.82, 2.24) is 10.2 Å². The summed E-state index contributed by atoms with van der Waals surface area (Å²) in [6, 6.07) is 17.4. The van der Waals surface area contributed by atoms with Crippen molar-refractivity contribution in [3.05, 3.63) is 66.0 Å². The zero-order valence-electron chi connectivity index (χ0n) is 15.4. The first-order valence-electron chi connectivity index (χ1n) is 9.80. The zero-order chi connectivity index (χ0) is 18.6. The fourth-order valence-electron chi connectivity index (χ4n) is 4.53. The van der Waals surface area contributed by atoms with Gasteiger partial charge in [-0.3, -0.25) is 4.90 Å². The van der Waals surface area contributed by atoms with Gasteiger partial charge in [0.15, 0.2) is 0 Å². The summed E-state index contributed by atoms with van der Waals surface area (Å²) in [7, 11) is 0. The van der Waals surface area contributed by atoms with Crippen LogP contribution in [0.1, 0.15) is 37.7 Å². The molecule has 4 nitrogen and oxygen atoms in total. The van der Waals surface area contributed by atoms with Crippen LogP contribution in [0.15, 0.2) is 54.6 Å². The molecule has 2 bridgehead atoms. The molecule has 0 unspecified atom stereocenters. The van der Waals surface area contributed by atoms with Gasteiger partial charge in [0.2, 0.25) is 0 Å². The molecule has 2 atom stereocenters. The lowest BCUT2D eigenvalue weighted by Crippen LogP contribution is -2.56. The van der Waals surface area contributed by atoms with E-state index in [0.717, 1.165) is 43.5 Å². The molecule has 0 saturated carbocycles. The Balaban J connectivity index is 1.36. The van der Waals surface area contributed by atoms with Gasteiger partial charge in [0.1, 0.15) is 5.82 Å². The van der Waals surface area contributed by atoms with Gasteiger partial charge in [-0.2, -0.15) is 0 Å². The van der Waals surface area contributed by atoms with Crippen LogP contribution in [0.25, 0.3) is 0 Å². The zero-order valence-corrected chi connectivity index (χ0v) is 15.4. The van der Waals surface area contributed by atoms with Gasteiger partial charge in [-0.1, -0.05) is 36.8 Å². The fourth-order valence-corrected chi connectivity index (χ4v) is 4.53. The summed E-state index contributed by atoms with van der Waals surface area (Å²) in [6.45, 7) is 0.860. The third kappa shape index (κ3) is 4.48. The highest BCUT2D eigenvalue weighted by atomic mass is 19.1. The van der Waals surface area contributed by atoms with Crippen molar-refractivity contribution in [1.29, 1.82) is 0 Å². The van der Waals surface area contributed by atoms with E-state index in [1.807, 2.05) is 42.5 Å². The van der Waals surface area contributed by atoms with Crippen LogP contribution in [0, 0.1) is 5.82 Å². The molecule has 2 aliphatic heterocycles. The molecule has 0 aromatic heterocycles. The monoisotopic (exact) mass is 367 g/mol. The topological polar surface area (TPSA) is 44.4 Å².